The molecule has 0 aliphatic heterocycles. The van der Waals surface area contributed by atoms with Gasteiger partial charge in [0.2, 0.25) is 0 Å². The summed E-state index contributed by atoms with van der Waals surface area (Å²) in [6.07, 6.45) is 8.63. The van der Waals surface area contributed by atoms with Crippen molar-refractivity contribution >= 4 is 16.7 Å². The van der Waals surface area contributed by atoms with Crippen molar-refractivity contribution in [2.45, 2.75) is 31.5 Å². The summed E-state index contributed by atoms with van der Waals surface area (Å²) in [5.74, 6) is 0.420. The maximum absolute atomic E-state index is 10.4. The van der Waals surface area contributed by atoms with Crippen molar-refractivity contribution in [3.8, 4) is 0 Å². The highest BCUT2D eigenvalue weighted by atomic mass is 16.3. The van der Waals surface area contributed by atoms with Crippen LogP contribution in [0.15, 0.2) is 49.1 Å². The SMILES string of the molecule is O[C@@H]1CC(Cn2cccn2)C[C@H]1Nc1ccnc2cccnc12. The predicted octanol–water partition coefficient (Wildman–Crippen LogP) is 2.08. The van der Waals surface area contributed by atoms with E-state index in [1.54, 1.807) is 18.6 Å². The molecule has 1 unspecified atom stereocenters. The lowest BCUT2D eigenvalue weighted by Crippen LogP contribution is -2.28. The van der Waals surface area contributed by atoms with Crippen LogP contribution in [0.3, 0.4) is 0 Å². The summed E-state index contributed by atoms with van der Waals surface area (Å²) in [6, 6.07) is 7.70. The summed E-state index contributed by atoms with van der Waals surface area (Å²) in [7, 11) is 0. The van der Waals surface area contributed by atoms with Crippen LogP contribution in [0.5, 0.6) is 0 Å². The zero-order valence-electron chi connectivity index (χ0n) is 12.7. The second-order valence-electron chi connectivity index (χ2n) is 6.11. The molecule has 1 fully saturated rings. The van der Waals surface area contributed by atoms with Crippen molar-refractivity contribution in [1.82, 2.24) is 19.7 Å². The van der Waals surface area contributed by atoms with Crippen molar-refractivity contribution in [3.63, 3.8) is 0 Å². The van der Waals surface area contributed by atoms with Crippen LogP contribution in [0.25, 0.3) is 11.0 Å². The lowest BCUT2D eigenvalue weighted by atomic mass is 10.1. The molecule has 3 aromatic heterocycles. The summed E-state index contributed by atoms with van der Waals surface area (Å²) in [5, 5.41) is 18.1. The highest BCUT2D eigenvalue weighted by molar-refractivity contribution is 5.87. The zero-order valence-corrected chi connectivity index (χ0v) is 12.7. The van der Waals surface area contributed by atoms with Crippen LogP contribution in [0, 0.1) is 5.92 Å². The molecule has 6 nitrogen and oxygen atoms in total. The van der Waals surface area contributed by atoms with Gasteiger partial charge in [0, 0.05) is 31.3 Å². The molecule has 0 spiro atoms. The maximum atomic E-state index is 10.4. The number of aliphatic hydroxyl groups excluding tert-OH is 1. The normalized spacial score (nSPS) is 24.1. The standard InChI is InChI=1S/C17H19N5O/c23-16-10-12(11-22-8-2-6-20-22)9-15(16)21-14-4-7-18-13-3-1-5-19-17(13)14/h1-8,12,15-16,23H,9-11H2,(H,18,21)/t12?,15-,16-/m1/s1. The quantitative estimate of drug-likeness (QED) is 0.771. The molecule has 1 aliphatic rings. The lowest BCUT2D eigenvalue weighted by Gasteiger charge is -2.18. The Labute approximate surface area is 134 Å². The number of hydrogen-bond donors (Lipinski definition) is 2. The summed E-state index contributed by atoms with van der Waals surface area (Å²) in [6.45, 7) is 0.845. The largest absolute Gasteiger partial charge is 0.391 e. The van der Waals surface area contributed by atoms with Crippen molar-refractivity contribution in [1.29, 1.82) is 0 Å². The zero-order chi connectivity index (χ0) is 15.6. The molecule has 3 atom stereocenters. The minimum atomic E-state index is -0.359. The number of nitrogens with one attached hydrogen (secondary N) is 1. The molecule has 2 N–H and O–H groups in total. The molecule has 3 aromatic rings. The molecule has 1 aliphatic carbocycles. The first-order valence-corrected chi connectivity index (χ1v) is 7.91. The van der Waals surface area contributed by atoms with E-state index in [-0.39, 0.29) is 12.1 Å². The summed E-state index contributed by atoms with van der Waals surface area (Å²) in [4.78, 5) is 8.73. The smallest absolute Gasteiger partial charge is 0.112 e. The molecular formula is C17H19N5O. The molecule has 1 saturated carbocycles. The van der Waals surface area contributed by atoms with Gasteiger partial charge >= 0.3 is 0 Å². The first-order valence-electron chi connectivity index (χ1n) is 7.91. The predicted molar refractivity (Wildman–Crippen MR) is 87.9 cm³/mol. The third-order valence-electron chi connectivity index (χ3n) is 4.47. The van der Waals surface area contributed by atoms with Crippen molar-refractivity contribution in [2.75, 3.05) is 5.32 Å². The molecular weight excluding hydrogens is 290 g/mol. The van der Waals surface area contributed by atoms with Crippen molar-refractivity contribution in [2.24, 2.45) is 5.92 Å². The van der Waals surface area contributed by atoms with Crippen LogP contribution in [0.1, 0.15) is 12.8 Å². The molecule has 0 radical (unpaired) electrons. The fourth-order valence-corrected chi connectivity index (χ4v) is 3.39. The molecule has 0 saturated heterocycles. The molecule has 23 heavy (non-hydrogen) atoms. The fraction of sp³-hybridized carbons (Fsp3) is 0.353. The molecule has 6 heteroatoms. The number of pyridine rings is 2. The molecule has 118 valence electrons. The maximum Gasteiger partial charge on any atom is 0.112 e. The van der Waals surface area contributed by atoms with Gasteiger partial charge in [0.05, 0.1) is 23.3 Å². The van der Waals surface area contributed by atoms with Gasteiger partial charge in [0.15, 0.2) is 0 Å². The van der Waals surface area contributed by atoms with Gasteiger partial charge in [-0.2, -0.15) is 5.10 Å². The number of hydrogen-bond acceptors (Lipinski definition) is 5. The highest BCUT2D eigenvalue weighted by Gasteiger charge is 2.33. The van der Waals surface area contributed by atoms with Gasteiger partial charge in [0.1, 0.15) is 5.52 Å². The Balaban J connectivity index is 1.50. The van der Waals surface area contributed by atoms with Crippen LogP contribution in [-0.2, 0) is 6.54 Å². The van der Waals surface area contributed by atoms with Gasteiger partial charge in [-0.15, -0.1) is 0 Å². The second kappa shape index (κ2) is 5.96. The average Bonchev–Trinajstić information content (AvgIpc) is 3.18. The van der Waals surface area contributed by atoms with Crippen LogP contribution >= 0.6 is 0 Å². The Morgan fingerprint density at radius 3 is 2.96 bits per heavy atom. The topological polar surface area (TPSA) is 75.9 Å². The molecule has 0 aromatic carbocycles. The molecule has 0 bridgehead atoms. The van der Waals surface area contributed by atoms with Gasteiger partial charge in [-0.05, 0) is 43.0 Å². The van der Waals surface area contributed by atoms with Crippen LogP contribution in [0.4, 0.5) is 5.69 Å². The third-order valence-corrected chi connectivity index (χ3v) is 4.47. The number of aliphatic hydroxyl groups is 1. The van der Waals surface area contributed by atoms with E-state index in [0.29, 0.717) is 5.92 Å². The highest BCUT2D eigenvalue weighted by Crippen LogP contribution is 2.31. The number of rotatable bonds is 4. The third kappa shape index (κ3) is 2.90. The molecule has 3 heterocycles. The monoisotopic (exact) mass is 309 g/mol. The second-order valence-corrected chi connectivity index (χ2v) is 6.11. The van der Waals surface area contributed by atoms with Gasteiger partial charge in [-0.1, -0.05) is 0 Å². The van der Waals surface area contributed by atoms with E-state index in [1.807, 2.05) is 35.1 Å². The van der Waals surface area contributed by atoms with E-state index >= 15 is 0 Å². The van der Waals surface area contributed by atoms with E-state index < -0.39 is 0 Å². The van der Waals surface area contributed by atoms with E-state index in [2.05, 4.69) is 20.4 Å². The number of aromatic nitrogens is 4. The van der Waals surface area contributed by atoms with Crippen LogP contribution in [0.2, 0.25) is 0 Å². The number of anilines is 1. The summed E-state index contributed by atoms with van der Waals surface area (Å²) >= 11 is 0. The van der Waals surface area contributed by atoms with Gasteiger partial charge in [0.25, 0.3) is 0 Å². The average molecular weight is 309 g/mol. The van der Waals surface area contributed by atoms with E-state index in [1.165, 1.54) is 0 Å². The van der Waals surface area contributed by atoms with Crippen LogP contribution < -0.4 is 5.32 Å². The summed E-state index contributed by atoms with van der Waals surface area (Å²) < 4.78 is 1.93. The Kier molecular flexibility index (Phi) is 3.67. The first-order chi connectivity index (χ1) is 11.3. The Morgan fingerprint density at radius 2 is 2.09 bits per heavy atom. The summed E-state index contributed by atoms with van der Waals surface area (Å²) in [5.41, 5.74) is 2.63. The van der Waals surface area contributed by atoms with Crippen LogP contribution in [-0.4, -0.2) is 37.0 Å². The number of nitrogens with zero attached hydrogens (tertiary/aromatic N) is 4. The van der Waals surface area contributed by atoms with E-state index in [4.69, 9.17) is 0 Å². The minimum Gasteiger partial charge on any atom is -0.391 e. The van der Waals surface area contributed by atoms with E-state index in [0.717, 1.165) is 36.1 Å². The fourth-order valence-electron chi connectivity index (χ4n) is 3.39. The van der Waals surface area contributed by atoms with Gasteiger partial charge in [-0.3, -0.25) is 14.6 Å². The molecule has 0 amide bonds. The Bertz CT molecular complexity index is 783. The minimum absolute atomic E-state index is 0.0307. The Hall–Kier alpha value is -2.47. The first kappa shape index (κ1) is 14.1. The van der Waals surface area contributed by atoms with Gasteiger partial charge in [-0.25, -0.2) is 0 Å². The van der Waals surface area contributed by atoms with Gasteiger partial charge < -0.3 is 10.4 Å². The Morgan fingerprint density at radius 1 is 1.13 bits per heavy atom. The molecule has 4 rings (SSSR count). The number of fused-ring (bicyclic) bond motifs is 1. The van der Waals surface area contributed by atoms with Crippen molar-refractivity contribution in [3.05, 3.63) is 49.1 Å². The van der Waals surface area contributed by atoms with Crippen molar-refractivity contribution < 1.29 is 5.11 Å². The van der Waals surface area contributed by atoms with E-state index in [9.17, 15) is 5.11 Å². The lowest BCUT2D eigenvalue weighted by molar-refractivity contribution is 0.166.